The maximum atomic E-state index is 8.55. The number of phosphoric acid groups is 1. The first-order chi connectivity index (χ1) is 2.00. The molecule has 0 fully saturated rings. The van der Waals surface area contributed by atoms with Crippen LogP contribution in [-0.4, -0.2) is 59.1 Å². The monoisotopic (exact) mass is 158 g/mol. The molecule has 4 nitrogen and oxygen atoms in total. The number of hydrogen-bond acceptors (Lipinski definition) is 4. The van der Waals surface area contributed by atoms with Crippen molar-refractivity contribution < 1.29 is 58.4 Å². The van der Waals surface area contributed by atoms with Gasteiger partial charge in [-0.15, -0.1) is 0 Å². The van der Waals surface area contributed by atoms with Gasteiger partial charge in [0.25, 0.3) is 0 Å². The van der Waals surface area contributed by atoms with E-state index in [0.29, 0.717) is 0 Å². The first-order valence-electron chi connectivity index (χ1n) is 0.730. The van der Waals surface area contributed by atoms with E-state index < -0.39 is 7.82 Å². The Balaban J connectivity index is -0.00000000800. The van der Waals surface area contributed by atoms with Crippen LogP contribution in [0.3, 0.4) is 0 Å². The average molecular weight is 158 g/mol. The molecule has 9 heteroatoms. The van der Waals surface area contributed by atoms with Gasteiger partial charge in [-0.05, 0) is 0 Å². The Morgan fingerprint density at radius 1 is 1.00 bits per heavy atom. The Morgan fingerprint density at radius 3 is 1.00 bits per heavy atom. The van der Waals surface area contributed by atoms with Crippen LogP contribution in [0.5, 0.6) is 0 Å². The van der Waals surface area contributed by atoms with E-state index in [4.69, 9.17) is 19.2 Å². The normalized spacial score (nSPS) is 6.56. The molecule has 0 bridgehead atoms. The second-order valence-corrected chi connectivity index (χ2v) is 1.34. The predicted molar refractivity (Wildman–Crippen MR) is 23.0 cm³/mol. The summed E-state index contributed by atoms with van der Waals surface area (Å²) in [4.78, 5) is 25.6. The van der Waals surface area contributed by atoms with Gasteiger partial charge in [0.05, 0.1) is 0 Å². The molecule has 0 unspecified atom stereocenters. The third-order valence-electron chi connectivity index (χ3n) is 0. The fraction of sp³-hybridized carbons (Fsp3) is 0. The molecule has 0 aliphatic rings. The zero-order valence-corrected chi connectivity index (χ0v) is 4.97. The van der Waals surface area contributed by atoms with Crippen molar-refractivity contribution in [1.29, 1.82) is 0 Å². The van der Waals surface area contributed by atoms with Gasteiger partial charge in [0, 0.05) is 0 Å². The zero-order valence-electron chi connectivity index (χ0n) is 5.08. The fourth-order valence-electron chi connectivity index (χ4n) is 0. The minimum atomic E-state index is -5.39. The molecule has 0 aromatic rings. The fourth-order valence-corrected chi connectivity index (χ4v) is 0. The predicted octanol–water partition coefficient (Wildman–Crippen LogP) is -10.0. The van der Waals surface area contributed by atoms with Crippen molar-refractivity contribution in [2.24, 2.45) is 0 Å². The summed E-state index contributed by atoms with van der Waals surface area (Å²) in [6, 6.07) is 0. The van der Waals surface area contributed by atoms with Gasteiger partial charge < -0.3 is 19.2 Å². The van der Waals surface area contributed by atoms with Crippen LogP contribution in [0, 0.1) is 0 Å². The molecule has 0 aromatic heterocycles. The van der Waals surface area contributed by atoms with Crippen LogP contribution in [0.15, 0.2) is 0 Å². The van der Waals surface area contributed by atoms with Crippen molar-refractivity contribution in [2.75, 3.05) is 0 Å². The molecule has 0 aromatic carbocycles. The Morgan fingerprint density at radius 2 is 1.00 bits per heavy atom. The molecule has 0 saturated carbocycles. The van der Waals surface area contributed by atoms with Crippen molar-refractivity contribution in [2.45, 2.75) is 0 Å². The first-order valence-corrected chi connectivity index (χ1v) is 2.19. The van der Waals surface area contributed by atoms with Crippen molar-refractivity contribution in [3.05, 3.63) is 0 Å². The number of rotatable bonds is 0. The standard InChI is InChI=1S/2Li.2Na.H3O4P.2H/c;;;;1-5(2,3)4;;/h;;;;(H3,1,2,3,4);;/q2*+1;;;;;/p-2. The van der Waals surface area contributed by atoms with Gasteiger partial charge in [-0.25, -0.2) is 0 Å². The summed E-state index contributed by atoms with van der Waals surface area (Å²) >= 11 is 0. The third kappa shape index (κ3) is 89.6. The second kappa shape index (κ2) is 13.9. The number of hydrogen-bond donors (Lipinski definition) is 0. The summed E-state index contributed by atoms with van der Waals surface area (Å²) in [6.07, 6.45) is 0. The van der Waals surface area contributed by atoms with Crippen LogP contribution in [0.4, 0.5) is 0 Å². The Kier molecular flexibility index (Phi) is 45.4. The van der Waals surface area contributed by atoms with E-state index in [0.717, 1.165) is 0 Å². The summed E-state index contributed by atoms with van der Waals surface area (Å²) in [5.41, 5.74) is 0. The summed E-state index contributed by atoms with van der Waals surface area (Å²) < 4.78 is 8.55. The van der Waals surface area contributed by atoms with E-state index >= 15 is 0 Å². The molecule has 0 spiro atoms. The molecule has 0 aliphatic carbocycles. The maximum absolute atomic E-state index is 8.55. The van der Waals surface area contributed by atoms with E-state index in [1.807, 2.05) is 0 Å². The molecule has 0 saturated heterocycles. The second-order valence-electron chi connectivity index (χ2n) is 0.447. The van der Waals surface area contributed by atoms with E-state index in [1.165, 1.54) is 0 Å². The van der Waals surface area contributed by atoms with Crippen LogP contribution in [-0.2, 0) is 4.57 Å². The summed E-state index contributed by atoms with van der Waals surface area (Å²) in [7, 11) is -5.39. The first kappa shape index (κ1) is 29.5. The summed E-state index contributed by atoms with van der Waals surface area (Å²) in [5.74, 6) is 0. The molecule has 0 radical (unpaired) electrons. The molecule has 0 rings (SSSR count). The SMILES string of the molecule is O=P([O-])([O-])[O-].[H+].[Li+].[Li+].[NaH].[NaH]. The molecular formula is H3Li2Na2O4P. The minimum absolute atomic E-state index is 0. The van der Waals surface area contributed by atoms with Crippen LogP contribution < -0.4 is 52.4 Å². The van der Waals surface area contributed by atoms with Crippen LogP contribution in [0.2, 0.25) is 0 Å². The van der Waals surface area contributed by atoms with Gasteiger partial charge in [0.15, 0.2) is 0 Å². The van der Waals surface area contributed by atoms with Crippen LogP contribution in [0.25, 0.3) is 0 Å². The van der Waals surface area contributed by atoms with E-state index in [2.05, 4.69) is 0 Å². The molecule has 0 atom stereocenters. The van der Waals surface area contributed by atoms with E-state index in [9.17, 15) is 0 Å². The van der Waals surface area contributed by atoms with Gasteiger partial charge in [0.2, 0.25) is 0 Å². The molecule has 0 heterocycles. The van der Waals surface area contributed by atoms with Gasteiger partial charge in [-0.1, -0.05) is 0 Å². The molecule has 0 N–H and O–H groups in total. The average Bonchev–Trinajstić information content (AvgIpc) is 0.722. The molecule has 0 aliphatic heterocycles. The van der Waals surface area contributed by atoms with Crippen molar-refractivity contribution in [3.63, 3.8) is 0 Å². The Bertz CT molecular complexity index is 67.4. The van der Waals surface area contributed by atoms with Crippen molar-refractivity contribution in [3.8, 4) is 0 Å². The molecule has 36 valence electrons. The van der Waals surface area contributed by atoms with Crippen LogP contribution in [0.1, 0.15) is 1.43 Å². The molecular weight excluding hydrogens is 155 g/mol. The Labute approximate surface area is 123 Å². The van der Waals surface area contributed by atoms with Gasteiger partial charge in [-0.3, -0.25) is 0 Å². The third-order valence-corrected chi connectivity index (χ3v) is 0. The van der Waals surface area contributed by atoms with E-state index in [1.54, 1.807) is 0 Å². The van der Waals surface area contributed by atoms with Gasteiger partial charge in [0.1, 0.15) is 0 Å². The molecule has 9 heavy (non-hydrogen) atoms. The van der Waals surface area contributed by atoms with Gasteiger partial charge >= 0.3 is 98.3 Å². The quantitative estimate of drug-likeness (QED) is 0.258. The summed E-state index contributed by atoms with van der Waals surface area (Å²) in [6.45, 7) is 0. The Hall–Kier alpha value is 3.30. The summed E-state index contributed by atoms with van der Waals surface area (Å²) in [5, 5.41) is 0. The topological polar surface area (TPSA) is 86.2 Å². The van der Waals surface area contributed by atoms with Crippen molar-refractivity contribution >= 4 is 66.9 Å². The van der Waals surface area contributed by atoms with Crippen molar-refractivity contribution in [1.82, 2.24) is 0 Å². The zero-order chi connectivity index (χ0) is 4.50. The molecule has 0 amide bonds. The van der Waals surface area contributed by atoms with Crippen LogP contribution >= 0.6 is 7.82 Å². The van der Waals surface area contributed by atoms with Gasteiger partial charge in [-0.2, -0.15) is 7.82 Å². The van der Waals surface area contributed by atoms with E-state index in [-0.39, 0.29) is 98.3 Å².